The number of benzene rings is 1. The standard InChI is InChI=1S/C23H28ClN3O9/c24-6-7-33-8-9-34-10-11-35-12-13-36-14-19(29)25-16-3-1-2-15-20(16)23(32)27(22(15)31)17-4-5-18(28)26-21(17)30/h1-3,17H,4-14H2,(H,25,29)(H,26,28,30). The molecule has 1 aromatic rings. The van der Waals surface area contributed by atoms with Crippen LogP contribution in [0.15, 0.2) is 18.2 Å². The number of piperidine rings is 1. The van der Waals surface area contributed by atoms with Crippen molar-refractivity contribution in [3.63, 3.8) is 0 Å². The maximum Gasteiger partial charge on any atom is 0.264 e. The second-order valence-corrected chi connectivity index (χ2v) is 8.18. The monoisotopic (exact) mass is 525 g/mol. The minimum absolute atomic E-state index is 0.00283. The number of imide groups is 2. The van der Waals surface area contributed by atoms with E-state index in [4.69, 9.17) is 30.5 Å². The van der Waals surface area contributed by atoms with E-state index in [2.05, 4.69) is 10.6 Å². The summed E-state index contributed by atoms with van der Waals surface area (Å²) in [5.74, 6) is -2.60. The zero-order valence-corrected chi connectivity index (χ0v) is 20.3. The molecule has 196 valence electrons. The zero-order valence-electron chi connectivity index (χ0n) is 19.6. The highest BCUT2D eigenvalue weighted by atomic mass is 35.5. The number of hydrogen-bond donors (Lipinski definition) is 2. The van der Waals surface area contributed by atoms with Crippen LogP contribution in [0.1, 0.15) is 33.6 Å². The van der Waals surface area contributed by atoms with E-state index in [-0.39, 0.29) is 49.5 Å². The van der Waals surface area contributed by atoms with Crippen molar-refractivity contribution in [3.05, 3.63) is 29.3 Å². The lowest BCUT2D eigenvalue weighted by atomic mass is 10.0. The Morgan fingerprint density at radius 2 is 1.58 bits per heavy atom. The molecule has 36 heavy (non-hydrogen) atoms. The summed E-state index contributed by atoms with van der Waals surface area (Å²) < 4.78 is 21.1. The topological polar surface area (TPSA) is 150 Å². The second-order valence-electron chi connectivity index (χ2n) is 7.80. The van der Waals surface area contributed by atoms with Crippen LogP contribution < -0.4 is 10.6 Å². The Kier molecular flexibility index (Phi) is 10.8. The Morgan fingerprint density at radius 1 is 0.944 bits per heavy atom. The number of rotatable bonds is 15. The molecule has 0 bridgehead atoms. The van der Waals surface area contributed by atoms with Crippen molar-refractivity contribution in [1.82, 2.24) is 10.2 Å². The van der Waals surface area contributed by atoms with Gasteiger partial charge in [-0.15, -0.1) is 11.6 Å². The minimum Gasteiger partial charge on any atom is -0.378 e. The second kappa shape index (κ2) is 14.0. The Hall–Kier alpha value is -2.90. The van der Waals surface area contributed by atoms with Gasteiger partial charge in [-0.25, -0.2) is 0 Å². The first-order chi connectivity index (χ1) is 17.4. The number of halogens is 1. The molecule has 0 radical (unpaired) electrons. The van der Waals surface area contributed by atoms with Gasteiger partial charge in [0.05, 0.1) is 63.1 Å². The average molecular weight is 526 g/mol. The first-order valence-corrected chi connectivity index (χ1v) is 12.0. The molecule has 0 saturated carbocycles. The number of nitrogens with zero attached hydrogens (tertiary/aromatic N) is 1. The van der Waals surface area contributed by atoms with Crippen molar-refractivity contribution in [2.45, 2.75) is 18.9 Å². The molecule has 0 aromatic heterocycles. The van der Waals surface area contributed by atoms with Crippen molar-refractivity contribution < 1.29 is 42.9 Å². The summed E-state index contributed by atoms with van der Waals surface area (Å²) in [5, 5.41) is 4.72. The summed E-state index contributed by atoms with van der Waals surface area (Å²) in [5.41, 5.74) is 0.208. The molecule has 12 nitrogen and oxygen atoms in total. The molecular weight excluding hydrogens is 498 g/mol. The lowest BCUT2D eigenvalue weighted by molar-refractivity contribution is -0.136. The molecule has 1 saturated heterocycles. The van der Waals surface area contributed by atoms with Gasteiger partial charge in [-0.3, -0.25) is 34.2 Å². The quantitative estimate of drug-likeness (QED) is 0.187. The summed E-state index contributed by atoms with van der Waals surface area (Å²) in [7, 11) is 0. The van der Waals surface area contributed by atoms with E-state index in [1.165, 1.54) is 18.2 Å². The fourth-order valence-electron chi connectivity index (χ4n) is 3.68. The van der Waals surface area contributed by atoms with Gasteiger partial charge in [-0.1, -0.05) is 6.07 Å². The predicted octanol–water partition coefficient (Wildman–Crippen LogP) is 0.332. The Balaban J connectivity index is 1.41. The number of nitrogens with one attached hydrogen (secondary N) is 2. The third kappa shape index (κ3) is 7.31. The van der Waals surface area contributed by atoms with Crippen LogP contribution in [0.25, 0.3) is 0 Å². The van der Waals surface area contributed by atoms with Gasteiger partial charge in [-0.2, -0.15) is 0 Å². The molecule has 1 fully saturated rings. The summed E-state index contributed by atoms with van der Waals surface area (Å²) in [6.07, 6.45) is 0.0638. The normalized spacial score (nSPS) is 17.4. The van der Waals surface area contributed by atoms with Crippen LogP contribution >= 0.6 is 11.6 Å². The predicted molar refractivity (Wildman–Crippen MR) is 126 cm³/mol. The highest BCUT2D eigenvalue weighted by Gasteiger charge is 2.45. The van der Waals surface area contributed by atoms with Gasteiger partial charge in [0, 0.05) is 12.3 Å². The van der Waals surface area contributed by atoms with E-state index in [9.17, 15) is 24.0 Å². The van der Waals surface area contributed by atoms with E-state index in [0.717, 1.165) is 4.90 Å². The third-order valence-corrected chi connectivity index (χ3v) is 5.47. The number of fused-ring (bicyclic) bond motifs is 1. The maximum absolute atomic E-state index is 13.0. The molecule has 2 heterocycles. The van der Waals surface area contributed by atoms with E-state index < -0.39 is 35.6 Å². The molecule has 13 heteroatoms. The van der Waals surface area contributed by atoms with Crippen LogP contribution in [-0.4, -0.2) is 99.2 Å². The number of anilines is 1. The van der Waals surface area contributed by atoms with Gasteiger partial charge >= 0.3 is 0 Å². The maximum atomic E-state index is 13.0. The van der Waals surface area contributed by atoms with Gasteiger partial charge in [0.25, 0.3) is 11.8 Å². The number of ether oxygens (including phenoxy) is 4. The smallest absolute Gasteiger partial charge is 0.264 e. The highest BCUT2D eigenvalue weighted by Crippen LogP contribution is 2.32. The van der Waals surface area contributed by atoms with Gasteiger partial charge in [0.1, 0.15) is 12.6 Å². The molecular formula is C23H28ClN3O9. The van der Waals surface area contributed by atoms with Crippen molar-refractivity contribution >= 4 is 46.8 Å². The Labute approximate surface area is 212 Å². The van der Waals surface area contributed by atoms with Crippen molar-refractivity contribution in [2.75, 3.05) is 64.1 Å². The number of carbonyl (C=O) groups is 5. The zero-order chi connectivity index (χ0) is 25.9. The van der Waals surface area contributed by atoms with E-state index in [1.54, 1.807) is 0 Å². The van der Waals surface area contributed by atoms with Crippen LogP contribution in [0.4, 0.5) is 5.69 Å². The molecule has 3 rings (SSSR count). The average Bonchev–Trinajstić information content (AvgIpc) is 3.10. The van der Waals surface area contributed by atoms with Crippen molar-refractivity contribution in [1.29, 1.82) is 0 Å². The molecule has 0 spiro atoms. The summed E-state index contributed by atoms with van der Waals surface area (Å²) in [4.78, 5) is 62.6. The fraction of sp³-hybridized carbons (Fsp3) is 0.522. The van der Waals surface area contributed by atoms with E-state index in [1.807, 2.05) is 0 Å². The van der Waals surface area contributed by atoms with Crippen LogP contribution in [0.3, 0.4) is 0 Å². The van der Waals surface area contributed by atoms with E-state index in [0.29, 0.717) is 38.9 Å². The van der Waals surface area contributed by atoms with Gasteiger partial charge in [-0.05, 0) is 18.6 Å². The molecule has 2 aliphatic rings. The SMILES string of the molecule is O=C1CCC(N2C(=O)c3cccc(NC(=O)COCCOCCOCCOCCCl)c3C2=O)C(=O)N1. The number of hydrogen-bond acceptors (Lipinski definition) is 9. The molecule has 2 N–H and O–H groups in total. The Morgan fingerprint density at radius 3 is 2.22 bits per heavy atom. The number of carbonyl (C=O) groups excluding carboxylic acids is 5. The van der Waals surface area contributed by atoms with Gasteiger partial charge < -0.3 is 24.3 Å². The first kappa shape index (κ1) is 27.7. The van der Waals surface area contributed by atoms with E-state index >= 15 is 0 Å². The Bertz CT molecular complexity index is 988. The highest BCUT2D eigenvalue weighted by molar-refractivity contribution is 6.26. The van der Waals surface area contributed by atoms with Crippen LogP contribution in [0.5, 0.6) is 0 Å². The van der Waals surface area contributed by atoms with Crippen LogP contribution in [0.2, 0.25) is 0 Å². The molecule has 2 aliphatic heterocycles. The molecule has 1 atom stereocenters. The summed E-state index contributed by atoms with van der Waals surface area (Å²) >= 11 is 5.49. The van der Waals surface area contributed by atoms with Crippen LogP contribution in [0, 0.1) is 0 Å². The minimum atomic E-state index is -1.09. The lowest BCUT2D eigenvalue weighted by Crippen LogP contribution is -2.54. The molecule has 1 aromatic carbocycles. The van der Waals surface area contributed by atoms with Crippen LogP contribution in [-0.2, 0) is 33.3 Å². The first-order valence-electron chi connectivity index (χ1n) is 11.5. The van der Waals surface area contributed by atoms with Crippen molar-refractivity contribution in [3.8, 4) is 0 Å². The number of alkyl halides is 1. The van der Waals surface area contributed by atoms with Gasteiger partial charge in [0.15, 0.2) is 0 Å². The summed E-state index contributed by atoms with van der Waals surface area (Å²) in [6.45, 7) is 2.28. The van der Waals surface area contributed by atoms with Crippen molar-refractivity contribution in [2.24, 2.45) is 0 Å². The lowest BCUT2D eigenvalue weighted by Gasteiger charge is -2.27. The third-order valence-electron chi connectivity index (χ3n) is 5.31. The van der Waals surface area contributed by atoms with Gasteiger partial charge in [0.2, 0.25) is 17.7 Å². The largest absolute Gasteiger partial charge is 0.378 e. The molecule has 0 aliphatic carbocycles. The fourth-order valence-corrected chi connectivity index (χ4v) is 3.79. The summed E-state index contributed by atoms with van der Waals surface area (Å²) in [6, 6.07) is 3.37. The molecule has 1 unspecified atom stereocenters. The molecule has 5 amide bonds. The number of amides is 5.